The molecule has 1 atom stereocenters. The molecule has 0 saturated carbocycles. The molecule has 0 aliphatic heterocycles. The molecule has 0 bridgehead atoms. The van der Waals surface area contributed by atoms with E-state index in [9.17, 15) is 9.59 Å². The number of likely N-dealkylation sites (N-methyl/N-ethyl adjacent to an activating group) is 1. The first kappa shape index (κ1) is 18.3. The molecule has 28 heavy (non-hydrogen) atoms. The number of anilines is 1. The lowest BCUT2D eigenvalue weighted by Crippen LogP contribution is -2.37. The number of fused-ring (bicyclic) bond motifs is 2. The van der Waals surface area contributed by atoms with Crippen molar-refractivity contribution in [3.05, 3.63) is 63.8 Å². The van der Waals surface area contributed by atoms with Crippen LogP contribution in [0.5, 0.6) is 0 Å². The second kappa shape index (κ2) is 7.19. The minimum atomic E-state index is -0.661. The molecule has 1 aliphatic rings. The Kier molecular flexibility index (Phi) is 4.71. The Morgan fingerprint density at radius 1 is 1.21 bits per heavy atom. The molecule has 3 aromatic rings. The lowest BCUT2D eigenvalue weighted by molar-refractivity contribution is -0.121. The lowest BCUT2D eigenvalue weighted by Gasteiger charge is -2.23. The average molecular weight is 376 g/mol. The van der Waals surface area contributed by atoms with Gasteiger partial charge < -0.3 is 4.90 Å². The summed E-state index contributed by atoms with van der Waals surface area (Å²) in [4.78, 5) is 36.6. The van der Waals surface area contributed by atoms with Gasteiger partial charge in [0.1, 0.15) is 12.4 Å². The molecule has 0 spiro atoms. The summed E-state index contributed by atoms with van der Waals surface area (Å²) < 4.78 is 1.41. The Balaban J connectivity index is 1.70. The number of aromatic nitrogens is 3. The van der Waals surface area contributed by atoms with E-state index in [1.165, 1.54) is 10.9 Å². The third kappa shape index (κ3) is 3.19. The Bertz CT molecular complexity index is 1120. The SMILES string of the molecule is Cc1cccc(N(C)C(=O)C(C)n2cnc3nc4c(cc3c2=O)CCCC4)c1. The summed E-state index contributed by atoms with van der Waals surface area (Å²) in [5.41, 5.74) is 4.30. The summed E-state index contributed by atoms with van der Waals surface area (Å²) in [6.07, 6.45) is 5.56. The van der Waals surface area contributed by atoms with Gasteiger partial charge in [0.2, 0.25) is 5.91 Å². The third-order valence-corrected chi connectivity index (χ3v) is 5.54. The van der Waals surface area contributed by atoms with Gasteiger partial charge in [0, 0.05) is 18.4 Å². The fourth-order valence-corrected chi connectivity index (χ4v) is 3.83. The van der Waals surface area contributed by atoms with Gasteiger partial charge in [0.15, 0.2) is 5.65 Å². The minimum absolute atomic E-state index is 0.167. The fourth-order valence-electron chi connectivity index (χ4n) is 3.83. The maximum Gasteiger partial charge on any atom is 0.263 e. The number of carbonyl (C=O) groups is 1. The number of rotatable bonds is 3. The number of hydrogen-bond donors (Lipinski definition) is 0. The van der Waals surface area contributed by atoms with E-state index in [-0.39, 0.29) is 11.5 Å². The smallest absolute Gasteiger partial charge is 0.263 e. The van der Waals surface area contributed by atoms with Crippen LogP contribution < -0.4 is 10.5 Å². The molecule has 6 heteroatoms. The van der Waals surface area contributed by atoms with E-state index in [4.69, 9.17) is 0 Å². The van der Waals surface area contributed by atoms with Gasteiger partial charge >= 0.3 is 0 Å². The van der Waals surface area contributed by atoms with Gasteiger partial charge in [-0.05, 0) is 68.9 Å². The van der Waals surface area contributed by atoms with Gasteiger partial charge in [-0.15, -0.1) is 0 Å². The highest BCUT2D eigenvalue weighted by atomic mass is 16.2. The molecule has 0 radical (unpaired) electrons. The van der Waals surface area contributed by atoms with Crippen LogP contribution in [0.15, 0.2) is 41.5 Å². The normalized spacial score (nSPS) is 14.5. The van der Waals surface area contributed by atoms with E-state index in [2.05, 4.69) is 9.97 Å². The van der Waals surface area contributed by atoms with Crippen molar-refractivity contribution in [3.8, 4) is 0 Å². The van der Waals surface area contributed by atoms with Gasteiger partial charge in [0.05, 0.1) is 5.39 Å². The predicted molar refractivity (Wildman–Crippen MR) is 110 cm³/mol. The molecular weight excluding hydrogens is 352 g/mol. The summed E-state index contributed by atoms with van der Waals surface area (Å²) in [7, 11) is 1.73. The van der Waals surface area contributed by atoms with Crippen LogP contribution in [-0.2, 0) is 17.6 Å². The molecule has 1 aliphatic carbocycles. The van der Waals surface area contributed by atoms with Gasteiger partial charge in [-0.25, -0.2) is 9.97 Å². The average Bonchev–Trinajstić information content (AvgIpc) is 2.71. The highest BCUT2D eigenvalue weighted by Gasteiger charge is 2.23. The third-order valence-electron chi connectivity index (χ3n) is 5.54. The van der Waals surface area contributed by atoms with Crippen molar-refractivity contribution in [2.75, 3.05) is 11.9 Å². The molecule has 144 valence electrons. The first-order chi connectivity index (χ1) is 13.5. The van der Waals surface area contributed by atoms with E-state index < -0.39 is 6.04 Å². The monoisotopic (exact) mass is 376 g/mol. The number of aryl methyl sites for hydroxylation is 3. The number of hydrogen-bond acceptors (Lipinski definition) is 4. The van der Waals surface area contributed by atoms with Crippen LogP contribution in [0.1, 0.15) is 42.6 Å². The highest BCUT2D eigenvalue weighted by molar-refractivity contribution is 5.95. The number of pyridine rings is 1. The Labute approximate surface area is 163 Å². The summed E-state index contributed by atoms with van der Waals surface area (Å²) in [5, 5.41) is 0.487. The molecule has 2 heterocycles. The van der Waals surface area contributed by atoms with E-state index in [0.717, 1.165) is 48.2 Å². The number of amides is 1. The topological polar surface area (TPSA) is 68.1 Å². The molecule has 0 fully saturated rings. The number of carbonyl (C=O) groups excluding carboxylic acids is 1. The quantitative estimate of drug-likeness (QED) is 0.704. The van der Waals surface area contributed by atoms with E-state index >= 15 is 0 Å². The maximum atomic E-state index is 13.1. The van der Waals surface area contributed by atoms with Crippen molar-refractivity contribution in [2.45, 2.75) is 45.6 Å². The molecule has 1 aromatic carbocycles. The minimum Gasteiger partial charge on any atom is -0.314 e. The van der Waals surface area contributed by atoms with Crippen LogP contribution in [0, 0.1) is 6.92 Å². The van der Waals surface area contributed by atoms with Crippen molar-refractivity contribution in [1.29, 1.82) is 0 Å². The highest BCUT2D eigenvalue weighted by Crippen LogP contribution is 2.22. The molecule has 1 unspecified atom stereocenters. The summed E-state index contributed by atoms with van der Waals surface area (Å²) in [6, 6.07) is 8.99. The van der Waals surface area contributed by atoms with Crippen LogP contribution in [0.3, 0.4) is 0 Å². The molecule has 0 N–H and O–H groups in total. The van der Waals surface area contributed by atoms with Crippen molar-refractivity contribution in [2.24, 2.45) is 0 Å². The van der Waals surface area contributed by atoms with E-state index in [1.807, 2.05) is 37.3 Å². The molecule has 1 amide bonds. The molecule has 4 rings (SSSR count). The number of nitrogens with zero attached hydrogens (tertiary/aromatic N) is 4. The van der Waals surface area contributed by atoms with Gasteiger partial charge in [0.25, 0.3) is 5.56 Å². The number of benzene rings is 1. The largest absolute Gasteiger partial charge is 0.314 e. The Morgan fingerprint density at radius 2 is 2.00 bits per heavy atom. The lowest BCUT2D eigenvalue weighted by atomic mass is 9.95. The van der Waals surface area contributed by atoms with Gasteiger partial charge in [-0.2, -0.15) is 0 Å². The van der Waals surface area contributed by atoms with Crippen LogP contribution in [0.25, 0.3) is 11.0 Å². The molecule has 6 nitrogen and oxygen atoms in total. The first-order valence-electron chi connectivity index (χ1n) is 9.69. The Hall–Kier alpha value is -3.02. The van der Waals surface area contributed by atoms with Crippen LogP contribution in [0.4, 0.5) is 5.69 Å². The van der Waals surface area contributed by atoms with Crippen LogP contribution in [-0.4, -0.2) is 27.5 Å². The van der Waals surface area contributed by atoms with Crippen molar-refractivity contribution in [3.63, 3.8) is 0 Å². The van der Waals surface area contributed by atoms with E-state index in [1.54, 1.807) is 18.9 Å². The zero-order valence-corrected chi connectivity index (χ0v) is 16.5. The van der Waals surface area contributed by atoms with Crippen molar-refractivity contribution in [1.82, 2.24) is 14.5 Å². The molecule has 0 saturated heterocycles. The summed E-state index contributed by atoms with van der Waals surface area (Å²) in [6.45, 7) is 3.71. The summed E-state index contributed by atoms with van der Waals surface area (Å²) in [5.74, 6) is -0.167. The van der Waals surface area contributed by atoms with Crippen LogP contribution >= 0.6 is 0 Å². The second-order valence-corrected chi connectivity index (χ2v) is 7.54. The van der Waals surface area contributed by atoms with Crippen molar-refractivity contribution < 1.29 is 4.79 Å². The standard InChI is InChI=1S/C22H24N4O2/c1-14-7-6-9-17(11-14)25(3)21(27)15(2)26-13-23-20-18(22(26)28)12-16-8-4-5-10-19(16)24-20/h6-7,9,11-13,15H,4-5,8,10H2,1-3H3. The first-order valence-corrected chi connectivity index (χ1v) is 9.69. The zero-order valence-electron chi connectivity index (χ0n) is 16.5. The van der Waals surface area contributed by atoms with E-state index in [0.29, 0.717) is 11.0 Å². The Morgan fingerprint density at radius 3 is 2.79 bits per heavy atom. The molecular formula is C22H24N4O2. The zero-order chi connectivity index (χ0) is 19.8. The second-order valence-electron chi connectivity index (χ2n) is 7.54. The van der Waals surface area contributed by atoms with Gasteiger partial charge in [-0.1, -0.05) is 12.1 Å². The summed E-state index contributed by atoms with van der Waals surface area (Å²) >= 11 is 0. The van der Waals surface area contributed by atoms with Crippen LogP contribution in [0.2, 0.25) is 0 Å². The van der Waals surface area contributed by atoms with Gasteiger partial charge in [-0.3, -0.25) is 14.2 Å². The predicted octanol–water partition coefficient (Wildman–Crippen LogP) is 3.20. The molecule has 2 aromatic heterocycles. The fraction of sp³-hybridized carbons (Fsp3) is 0.364. The maximum absolute atomic E-state index is 13.1. The van der Waals surface area contributed by atoms with Crippen molar-refractivity contribution >= 4 is 22.6 Å².